The topological polar surface area (TPSA) is 80.3 Å². The van der Waals surface area contributed by atoms with Crippen LogP contribution in [0.1, 0.15) is 28.8 Å². The molecule has 0 spiro atoms. The van der Waals surface area contributed by atoms with Crippen molar-refractivity contribution in [1.29, 1.82) is 0 Å². The number of hydrogen-bond acceptors (Lipinski definition) is 4. The summed E-state index contributed by atoms with van der Waals surface area (Å²) >= 11 is 11.8. The highest BCUT2D eigenvalue weighted by atomic mass is 35.5. The van der Waals surface area contributed by atoms with Gasteiger partial charge in [0.05, 0.1) is 21.9 Å². The Hall–Kier alpha value is -3.09. The lowest BCUT2D eigenvalue weighted by Crippen LogP contribution is -2.19. The van der Waals surface area contributed by atoms with Gasteiger partial charge in [-0.05, 0) is 43.2 Å². The summed E-state index contributed by atoms with van der Waals surface area (Å²) in [5.41, 5.74) is 2.64. The van der Waals surface area contributed by atoms with E-state index in [0.29, 0.717) is 39.5 Å². The molecule has 0 unspecified atom stereocenters. The van der Waals surface area contributed by atoms with Gasteiger partial charge in [0, 0.05) is 29.3 Å². The smallest absolute Gasteiger partial charge is 0.323 e. The highest BCUT2D eigenvalue weighted by molar-refractivity contribution is 6.42. The minimum absolute atomic E-state index is 0.141. The van der Waals surface area contributed by atoms with E-state index in [2.05, 4.69) is 15.6 Å². The summed E-state index contributed by atoms with van der Waals surface area (Å²) in [4.78, 5) is 28.5. The summed E-state index contributed by atoms with van der Waals surface area (Å²) in [7, 11) is 0. The molecule has 0 fully saturated rings. The molecule has 0 atom stereocenters. The number of carbonyl (C=O) groups is 2. The van der Waals surface area contributed by atoms with E-state index < -0.39 is 6.03 Å². The Morgan fingerprint density at radius 2 is 1.77 bits per heavy atom. The fraction of sp³-hybridized carbons (Fsp3) is 0.136. The maximum Gasteiger partial charge on any atom is 0.323 e. The number of Topliss-reactive ketones (excluding diaryl/α,β-unsaturated/α-hetero) is 1. The SMILES string of the molecule is O=C(Nc1ccc(Oc2cccc3c2CCCC3=O)nc1)Nc1ccc(Cl)c(Cl)c1. The molecule has 0 bridgehead atoms. The maximum atomic E-state index is 12.2. The zero-order chi connectivity index (χ0) is 21.1. The predicted octanol–water partition coefficient (Wildman–Crippen LogP) is 6.34. The Labute approximate surface area is 183 Å². The molecule has 0 radical (unpaired) electrons. The van der Waals surface area contributed by atoms with Crippen molar-refractivity contribution >= 4 is 46.4 Å². The molecule has 30 heavy (non-hydrogen) atoms. The van der Waals surface area contributed by atoms with Crippen LogP contribution in [0.5, 0.6) is 11.6 Å². The Balaban J connectivity index is 1.41. The standard InChI is InChI=1S/C22H17Cl2N3O3/c23-17-9-7-13(11-18(17)24)26-22(29)27-14-8-10-21(25-12-14)30-20-6-2-3-15-16(20)4-1-5-19(15)28/h2-3,6-12H,1,4-5H2,(H2,26,27,29). The molecule has 2 amide bonds. The molecule has 3 aromatic rings. The van der Waals surface area contributed by atoms with Crippen molar-refractivity contribution in [2.24, 2.45) is 0 Å². The molecule has 1 aliphatic rings. The summed E-state index contributed by atoms with van der Waals surface area (Å²) in [6.07, 6.45) is 3.67. The Kier molecular flexibility index (Phi) is 5.88. The van der Waals surface area contributed by atoms with Gasteiger partial charge in [0.15, 0.2) is 5.78 Å². The van der Waals surface area contributed by atoms with Gasteiger partial charge >= 0.3 is 6.03 Å². The number of ether oxygens (including phenoxy) is 1. The van der Waals surface area contributed by atoms with Gasteiger partial charge in [0.1, 0.15) is 5.75 Å². The lowest BCUT2D eigenvalue weighted by Gasteiger charge is -2.18. The third kappa shape index (κ3) is 4.56. The van der Waals surface area contributed by atoms with Crippen LogP contribution in [-0.4, -0.2) is 16.8 Å². The van der Waals surface area contributed by atoms with Gasteiger partial charge in [-0.2, -0.15) is 0 Å². The fourth-order valence-corrected chi connectivity index (χ4v) is 3.53. The number of fused-ring (bicyclic) bond motifs is 1. The van der Waals surface area contributed by atoms with Crippen molar-refractivity contribution < 1.29 is 14.3 Å². The predicted molar refractivity (Wildman–Crippen MR) is 117 cm³/mol. The summed E-state index contributed by atoms with van der Waals surface area (Å²) < 4.78 is 5.89. The average molecular weight is 442 g/mol. The van der Waals surface area contributed by atoms with E-state index in [1.54, 1.807) is 36.4 Å². The molecule has 1 heterocycles. The van der Waals surface area contributed by atoms with E-state index >= 15 is 0 Å². The van der Waals surface area contributed by atoms with Crippen molar-refractivity contribution in [3.63, 3.8) is 0 Å². The first-order valence-corrected chi connectivity index (χ1v) is 10.1. The van der Waals surface area contributed by atoms with Crippen LogP contribution < -0.4 is 15.4 Å². The van der Waals surface area contributed by atoms with E-state index in [9.17, 15) is 9.59 Å². The number of rotatable bonds is 4. The first kappa shape index (κ1) is 20.2. The van der Waals surface area contributed by atoms with Gasteiger partial charge in [0.25, 0.3) is 0 Å². The lowest BCUT2D eigenvalue weighted by molar-refractivity contribution is 0.0971. The van der Waals surface area contributed by atoms with Gasteiger partial charge in [-0.15, -0.1) is 0 Å². The van der Waals surface area contributed by atoms with E-state index in [-0.39, 0.29) is 5.78 Å². The number of nitrogens with one attached hydrogen (secondary N) is 2. The highest BCUT2D eigenvalue weighted by Crippen LogP contribution is 2.32. The van der Waals surface area contributed by atoms with Crippen molar-refractivity contribution in [2.75, 3.05) is 10.6 Å². The van der Waals surface area contributed by atoms with Crippen molar-refractivity contribution in [3.05, 3.63) is 75.9 Å². The van der Waals surface area contributed by atoms with Crippen LogP contribution in [0.25, 0.3) is 0 Å². The number of pyridine rings is 1. The first-order valence-electron chi connectivity index (χ1n) is 9.31. The number of nitrogens with zero attached hydrogens (tertiary/aromatic N) is 1. The number of hydrogen-bond donors (Lipinski definition) is 2. The van der Waals surface area contributed by atoms with Crippen LogP contribution in [-0.2, 0) is 6.42 Å². The van der Waals surface area contributed by atoms with Crippen LogP contribution in [0, 0.1) is 0 Å². The number of urea groups is 1. The van der Waals surface area contributed by atoms with Gasteiger partial charge < -0.3 is 15.4 Å². The second-order valence-corrected chi connectivity index (χ2v) is 7.57. The summed E-state index contributed by atoms with van der Waals surface area (Å²) in [6, 6.07) is 13.2. The van der Waals surface area contributed by atoms with Gasteiger partial charge in [-0.25, -0.2) is 9.78 Å². The molecule has 2 aromatic carbocycles. The molecular formula is C22H17Cl2N3O3. The molecule has 1 aliphatic carbocycles. The van der Waals surface area contributed by atoms with Crippen LogP contribution in [0.15, 0.2) is 54.7 Å². The molecule has 6 nitrogen and oxygen atoms in total. The maximum absolute atomic E-state index is 12.2. The number of aromatic nitrogens is 1. The Bertz CT molecular complexity index is 1120. The third-order valence-electron chi connectivity index (χ3n) is 4.65. The van der Waals surface area contributed by atoms with Gasteiger partial charge in [-0.3, -0.25) is 4.79 Å². The summed E-state index contributed by atoms with van der Waals surface area (Å²) in [5.74, 6) is 1.14. The zero-order valence-electron chi connectivity index (χ0n) is 15.7. The number of halogens is 2. The monoisotopic (exact) mass is 441 g/mol. The van der Waals surface area contributed by atoms with E-state index in [1.165, 1.54) is 6.20 Å². The third-order valence-corrected chi connectivity index (χ3v) is 5.39. The van der Waals surface area contributed by atoms with Crippen molar-refractivity contribution in [3.8, 4) is 11.6 Å². The quantitative estimate of drug-likeness (QED) is 0.494. The second kappa shape index (κ2) is 8.73. The van der Waals surface area contributed by atoms with Crippen LogP contribution in [0.4, 0.5) is 16.2 Å². The van der Waals surface area contributed by atoms with E-state index in [0.717, 1.165) is 24.0 Å². The number of amides is 2. The van der Waals surface area contributed by atoms with Crippen LogP contribution in [0.2, 0.25) is 10.0 Å². The molecule has 4 rings (SSSR count). The molecule has 152 valence electrons. The van der Waals surface area contributed by atoms with Gasteiger partial charge in [-0.1, -0.05) is 35.3 Å². The summed E-state index contributed by atoms with van der Waals surface area (Å²) in [6.45, 7) is 0. The molecule has 1 aromatic heterocycles. The van der Waals surface area contributed by atoms with Crippen molar-refractivity contribution in [2.45, 2.75) is 19.3 Å². The van der Waals surface area contributed by atoms with Crippen LogP contribution in [0.3, 0.4) is 0 Å². The molecule has 8 heteroatoms. The minimum Gasteiger partial charge on any atom is -0.439 e. The lowest BCUT2D eigenvalue weighted by atomic mass is 9.90. The van der Waals surface area contributed by atoms with E-state index in [1.807, 2.05) is 12.1 Å². The zero-order valence-corrected chi connectivity index (χ0v) is 17.3. The number of carbonyl (C=O) groups excluding carboxylic acids is 2. The Morgan fingerprint density at radius 3 is 2.53 bits per heavy atom. The molecule has 0 aliphatic heterocycles. The molecule has 2 N–H and O–H groups in total. The second-order valence-electron chi connectivity index (χ2n) is 6.75. The molecule has 0 saturated carbocycles. The first-order chi connectivity index (χ1) is 14.5. The molecule has 0 saturated heterocycles. The minimum atomic E-state index is -0.445. The average Bonchev–Trinajstić information content (AvgIpc) is 2.73. The highest BCUT2D eigenvalue weighted by Gasteiger charge is 2.20. The van der Waals surface area contributed by atoms with Gasteiger partial charge in [0.2, 0.25) is 5.88 Å². The summed E-state index contributed by atoms with van der Waals surface area (Å²) in [5, 5.41) is 6.11. The normalized spacial score (nSPS) is 12.8. The Morgan fingerprint density at radius 1 is 0.967 bits per heavy atom. The number of ketones is 1. The largest absolute Gasteiger partial charge is 0.439 e. The fourth-order valence-electron chi connectivity index (χ4n) is 3.24. The van der Waals surface area contributed by atoms with Crippen molar-refractivity contribution in [1.82, 2.24) is 4.98 Å². The van der Waals surface area contributed by atoms with Crippen LogP contribution >= 0.6 is 23.2 Å². The number of benzene rings is 2. The van der Waals surface area contributed by atoms with E-state index in [4.69, 9.17) is 27.9 Å². The number of anilines is 2. The molecular weight excluding hydrogens is 425 g/mol.